The SMILES string of the molecule is O=c1[nH]c(=O)n([C@H]2C[C@H](OCc3ccccc3)[C@@H](C(O)C(F)(F)F)O2)cc1F. The third kappa shape index (κ3) is 4.32. The largest absolute Gasteiger partial charge is 0.417 e. The molecule has 1 aliphatic rings. The Bertz CT molecular complexity index is 928. The first-order valence-electron chi connectivity index (χ1n) is 8.23. The van der Waals surface area contributed by atoms with E-state index in [1.54, 1.807) is 35.3 Å². The van der Waals surface area contributed by atoms with Gasteiger partial charge in [-0.1, -0.05) is 30.3 Å². The van der Waals surface area contributed by atoms with Gasteiger partial charge in [-0.2, -0.15) is 17.6 Å². The molecule has 11 heteroatoms. The van der Waals surface area contributed by atoms with Gasteiger partial charge in [-0.05, 0) is 5.56 Å². The second kappa shape index (κ2) is 7.86. The Balaban J connectivity index is 1.85. The lowest BCUT2D eigenvalue weighted by Gasteiger charge is -2.25. The minimum atomic E-state index is -4.99. The standard InChI is InChI=1S/C17H16F4N2O5/c18-10-7-23(16(26)22-15(10)25)12-6-11(13(28-12)14(24)17(19,20)21)27-8-9-4-2-1-3-5-9/h1-5,7,11-14,24H,6,8H2,(H,22,25,26)/t11-,12+,13-,14?/m0/s1. The highest BCUT2D eigenvalue weighted by atomic mass is 19.4. The summed E-state index contributed by atoms with van der Waals surface area (Å²) in [5.74, 6) is -1.30. The first-order valence-corrected chi connectivity index (χ1v) is 8.23. The molecule has 4 atom stereocenters. The number of aromatic nitrogens is 2. The summed E-state index contributed by atoms with van der Waals surface area (Å²) >= 11 is 0. The van der Waals surface area contributed by atoms with E-state index >= 15 is 0 Å². The van der Waals surface area contributed by atoms with Crippen LogP contribution in [0.25, 0.3) is 0 Å². The van der Waals surface area contributed by atoms with Crippen molar-refractivity contribution >= 4 is 0 Å². The van der Waals surface area contributed by atoms with Crippen LogP contribution in [0.5, 0.6) is 0 Å². The molecule has 1 aromatic heterocycles. The second-order valence-electron chi connectivity index (χ2n) is 6.26. The summed E-state index contributed by atoms with van der Waals surface area (Å²) < 4.78 is 63.8. The number of aliphatic hydroxyl groups is 1. The van der Waals surface area contributed by atoms with Crippen molar-refractivity contribution in [3.8, 4) is 0 Å². The lowest BCUT2D eigenvalue weighted by molar-refractivity contribution is -0.247. The van der Waals surface area contributed by atoms with E-state index < -0.39 is 47.8 Å². The molecule has 152 valence electrons. The Hall–Kier alpha value is -2.50. The van der Waals surface area contributed by atoms with Crippen LogP contribution in [0.2, 0.25) is 0 Å². The molecular weight excluding hydrogens is 388 g/mol. The number of hydrogen-bond donors (Lipinski definition) is 2. The van der Waals surface area contributed by atoms with Crippen molar-refractivity contribution in [2.45, 2.75) is 43.7 Å². The Labute approximate surface area is 155 Å². The first kappa shape index (κ1) is 20.2. The van der Waals surface area contributed by atoms with Crippen LogP contribution in [-0.2, 0) is 16.1 Å². The van der Waals surface area contributed by atoms with Crippen LogP contribution >= 0.6 is 0 Å². The van der Waals surface area contributed by atoms with Gasteiger partial charge >= 0.3 is 11.9 Å². The van der Waals surface area contributed by atoms with Gasteiger partial charge in [0.25, 0.3) is 5.56 Å². The molecule has 1 fully saturated rings. The van der Waals surface area contributed by atoms with Crippen molar-refractivity contribution in [3.63, 3.8) is 0 Å². The zero-order valence-corrected chi connectivity index (χ0v) is 14.2. The number of ether oxygens (including phenoxy) is 2. The maximum atomic E-state index is 13.5. The summed E-state index contributed by atoms with van der Waals surface area (Å²) in [6, 6.07) is 8.59. The van der Waals surface area contributed by atoms with Crippen LogP contribution in [0.4, 0.5) is 17.6 Å². The molecule has 0 saturated carbocycles. The molecule has 0 radical (unpaired) electrons. The van der Waals surface area contributed by atoms with Gasteiger partial charge in [0.1, 0.15) is 12.3 Å². The fourth-order valence-corrected chi connectivity index (χ4v) is 2.92. The molecule has 2 aromatic rings. The fourth-order valence-electron chi connectivity index (χ4n) is 2.92. The van der Waals surface area contributed by atoms with Gasteiger partial charge in [0.05, 0.1) is 18.9 Å². The number of rotatable bonds is 5. The third-order valence-corrected chi connectivity index (χ3v) is 4.30. The molecule has 3 rings (SSSR count). The fraction of sp³-hybridized carbons (Fsp3) is 0.412. The number of aliphatic hydroxyl groups excluding tert-OH is 1. The van der Waals surface area contributed by atoms with Gasteiger partial charge in [0.15, 0.2) is 6.10 Å². The Kier molecular flexibility index (Phi) is 5.68. The van der Waals surface area contributed by atoms with E-state index in [1.165, 1.54) is 0 Å². The zero-order valence-electron chi connectivity index (χ0n) is 14.2. The van der Waals surface area contributed by atoms with Crippen LogP contribution < -0.4 is 11.2 Å². The predicted molar refractivity (Wildman–Crippen MR) is 86.9 cm³/mol. The topological polar surface area (TPSA) is 93.6 Å². The molecular formula is C17H16F4N2O5. The van der Waals surface area contributed by atoms with Crippen LogP contribution in [0.1, 0.15) is 18.2 Å². The lowest BCUT2D eigenvalue weighted by Crippen LogP contribution is -2.45. The van der Waals surface area contributed by atoms with Crippen molar-refractivity contribution in [3.05, 3.63) is 68.7 Å². The molecule has 2 heterocycles. The average molecular weight is 404 g/mol. The minimum Gasteiger partial charge on any atom is -0.381 e. The van der Waals surface area contributed by atoms with Crippen molar-refractivity contribution in [2.75, 3.05) is 0 Å². The highest BCUT2D eigenvalue weighted by molar-refractivity contribution is 5.13. The molecule has 1 aromatic carbocycles. The smallest absolute Gasteiger partial charge is 0.381 e. The van der Waals surface area contributed by atoms with Gasteiger partial charge in [0, 0.05) is 6.42 Å². The molecule has 0 amide bonds. The van der Waals surface area contributed by atoms with E-state index in [1.807, 2.05) is 0 Å². The van der Waals surface area contributed by atoms with E-state index in [-0.39, 0.29) is 13.0 Å². The van der Waals surface area contributed by atoms with Crippen molar-refractivity contribution in [1.82, 2.24) is 9.55 Å². The van der Waals surface area contributed by atoms with E-state index in [2.05, 4.69) is 0 Å². The number of H-pyrrole nitrogens is 1. The molecule has 1 unspecified atom stereocenters. The number of hydrogen-bond acceptors (Lipinski definition) is 5. The van der Waals surface area contributed by atoms with Gasteiger partial charge in [-0.3, -0.25) is 14.3 Å². The van der Waals surface area contributed by atoms with Gasteiger partial charge < -0.3 is 14.6 Å². The first-order chi connectivity index (χ1) is 13.2. The Morgan fingerprint density at radius 1 is 1.29 bits per heavy atom. The van der Waals surface area contributed by atoms with Crippen LogP contribution in [0, 0.1) is 5.82 Å². The molecule has 0 aliphatic carbocycles. The predicted octanol–water partition coefficient (Wildman–Crippen LogP) is 1.47. The van der Waals surface area contributed by atoms with E-state index in [0.717, 1.165) is 0 Å². The summed E-state index contributed by atoms with van der Waals surface area (Å²) in [4.78, 5) is 24.7. The summed E-state index contributed by atoms with van der Waals surface area (Å²) in [7, 11) is 0. The number of aromatic amines is 1. The molecule has 0 spiro atoms. The Morgan fingerprint density at radius 2 is 1.96 bits per heavy atom. The summed E-state index contributed by atoms with van der Waals surface area (Å²) in [6.45, 7) is -0.0580. The number of alkyl halides is 3. The second-order valence-corrected chi connectivity index (χ2v) is 6.26. The van der Waals surface area contributed by atoms with Crippen LogP contribution in [-0.4, -0.2) is 39.1 Å². The van der Waals surface area contributed by atoms with E-state index in [9.17, 15) is 32.3 Å². The summed E-state index contributed by atoms with van der Waals surface area (Å²) in [5.41, 5.74) is -1.64. The van der Waals surface area contributed by atoms with Crippen molar-refractivity contribution < 1.29 is 32.1 Å². The normalized spacial score (nSPS) is 23.7. The quantitative estimate of drug-likeness (QED) is 0.737. The monoisotopic (exact) mass is 404 g/mol. The summed E-state index contributed by atoms with van der Waals surface area (Å²) in [5, 5.41) is 9.64. The number of nitrogens with zero attached hydrogens (tertiary/aromatic N) is 1. The van der Waals surface area contributed by atoms with Gasteiger partial charge in [-0.25, -0.2) is 4.79 Å². The lowest BCUT2D eigenvalue weighted by atomic mass is 10.1. The van der Waals surface area contributed by atoms with E-state index in [0.29, 0.717) is 16.3 Å². The van der Waals surface area contributed by atoms with Crippen LogP contribution in [0.3, 0.4) is 0 Å². The van der Waals surface area contributed by atoms with E-state index in [4.69, 9.17) is 9.47 Å². The molecule has 0 bridgehead atoms. The molecule has 1 aliphatic heterocycles. The van der Waals surface area contributed by atoms with Crippen LogP contribution in [0.15, 0.2) is 46.1 Å². The average Bonchev–Trinajstić information content (AvgIpc) is 3.06. The number of benzene rings is 1. The maximum absolute atomic E-state index is 13.5. The summed E-state index contributed by atoms with van der Waals surface area (Å²) in [6.07, 6.45) is -12.0. The maximum Gasteiger partial charge on any atom is 0.417 e. The minimum absolute atomic E-state index is 0.0580. The highest BCUT2D eigenvalue weighted by Gasteiger charge is 2.52. The number of nitrogens with one attached hydrogen (secondary N) is 1. The van der Waals surface area contributed by atoms with Gasteiger partial charge in [-0.15, -0.1) is 0 Å². The number of halogens is 4. The molecule has 7 nitrogen and oxygen atoms in total. The highest BCUT2D eigenvalue weighted by Crippen LogP contribution is 2.37. The Morgan fingerprint density at radius 3 is 2.61 bits per heavy atom. The molecule has 1 saturated heterocycles. The molecule has 2 N–H and O–H groups in total. The zero-order chi connectivity index (χ0) is 20.5. The van der Waals surface area contributed by atoms with Gasteiger partial charge in [0.2, 0.25) is 5.82 Å². The third-order valence-electron chi connectivity index (χ3n) is 4.30. The molecule has 28 heavy (non-hydrogen) atoms. The van der Waals surface area contributed by atoms with Crippen molar-refractivity contribution in [1.29, 1.82) is 0 Å². The van der Waals surface area contributed by atoms with Crippen molar-refractivity contribution in [2.24, 2.45) is 0 Å².